The quantitative estimate of drug-likeness (QED) is 0.701. The molecule has 0 amide bonds. The van der Waals surface area contributed by atoms with Crippen LogP contribution >= 0.6 is 0 Å². The van der Waals surface area contributed by atoms with E-state index in [1.807, 2.05) is 6.92 Å². The Labute approximate surface area is 88.6 Å². The summed E-state index contributed by atoms with van der Waals surface area (Å²) in [4.78, 5) is 12.1. The SMILES string of the molecule is Cc1cc(N)nn1C(=O)C1CCNCC1. The number of nitrogen functional groups attached to an aromatic ring is 1. The first-order valence-corrected chi connectivity index (χ1v) is 5.25. The van der Waals surface area contributed by atoms with E-state index in [0.29, 0.717) is 5.82 Å². The van der Waals surface area contributed by atoms with Gasteiger partial charge < -0.3 is 11.1 Å². The third kappa shape index (κ3) is 2.02. The molecule has 1 aliphatic rings. The molecule has 1 aliphatic heterocycles. The number of hydrogen-bond donors (Lipinski definition) is 2. The highest BCUT2D eigenvalue weighted by atomic mass is 16.2. The number of nitrogens with one attached hydrogen (secondary N) is 1. The van der Waals surface area contributed by atoms with Crippen LogP contribution in [0.3, 0.4) is 0 Å². The monoisotopic (exact) mass is 208 g/mol. The lowest BCUT2D eigenvalue weighted by atomic mass is 9.97. The van der Waals surface area contributed by atoms with Crippen LogP contribution in [0, 0.1) is 12.8 Å². The second-order valence-electron chi connectivity index (χ2n) is 3.98. The van der Waals surface area contributed by atoms with Crippen LogP contribution in [0.25, 0.3) is 0 Å². The maximum atomic E-state index is 12.1. The summed E-state index contributed by atoms with van der Waals surface area (Å²) in [5.74, 6) is 0.574. The van der Waals surface area contributed by atoms with Gasteiger partial charge in [-0.1, -0.05) is 0 Å². The molecule has 0 atom stereocenters. The number of aryl methyl sites for hydroxylation is 1. The topological polar surface area (TPSA) is 72.9 Å². The molecule has 0 radical (unpaired) electrons. The summed E-state index contributed by atoms with van der Waals surface area (Å²) in [5, 5.41) is 7.24. The van der Waals surface area contributed by atoms with Gasteiger partial charge in [0, 0.05) is 17.7 Å². The molecule has 0 unspecified atom stereocenters. The molecule has 2 heterocycles. The average molecular weight is 208 g/mol. The van der Waals surface area contributed by atoms with Crippen LogP contribution in [0.5, 0.6) is 0 Å². The Morgan fingerprint density at radius 2 is 2.27 bits per heavy atom. The van der Waals surface area contributed by atoms with Crippen molar-refractivity contribution in [1.82, 2.24) is 15.1 Å². The average Bonchev–Trinajstić information content (AvgIpc) is 2.58. The van der Waals surface area contributed by atoms with Gasteiger partial charge in [0.15, 0.2) is 0 Å². The van der Waals surface area contributed by atoms with E-state index in [9.17, 15) is 4.79 Å². The minimum atomic E-state index is 0.0747. The molecule has 3 N–H and O–H groups in total. The van der Waals surface area contributed by atoms with Gasteiger partial charge in [-0.3, -0.25) is 4.79 Å². The number of nitrogens with two attached hydrogens (primary N) is 1. The minimum Gasteiger partial charge on any atom is -0.382 e. The second kappa shape index (κ2) is 4.02. The van der Waals surface area contributed by atoms with Crippen molar-refractivity contribution in [3.63, 3.8) is 0 Å². The molecule has 82 valence electrons. The number of carbonyl (C=O) groups is 1. The molecule has 0 aliphatic carbocycles. The summed E-state index contributed by atoms with van der Waals surface area (Å²) in [5.41, 5.74) is 6.37. The Kier molecular flexibility index (Phi) is 2.73. The first-order valence-electron chi connectivity index (χ1n) is 5.25. The van der Waals surface area contributed by atoms with Gasteiger partial charge in [0.2, 0.25) is 5.91 Å². The minimum absolute atomic E-state index is 0.0747. The van der Waals surface area contributed by atoms with Crippen LogP contribution in [0.15, 0.2) is 6.07 Å². The number of piperidine rings is 1. The molecule has 1 saturated heterocycles. The van der Waals surface area contributed by atoms with Gasteiger partial charge in [-0.2, -0.15) is 0 Å². The molecule has 2 rings (SSSR count). The Bertz CT molecular complexity index is 365. The lowest BCUT2D eigenvalue weighted by Gasteiger charge is -2.21. The molecule has 5 nitrogen and oxygen atoms in total. The van der Waals surface area contributed by atoms with Gasteiger partial charge in [0.25, 0.3) is 0 Å². The molecule has 1 aromatic rings. The normalized spacial score (nSPS) is 17.9. The third-order valence-corrected chi connectivity index (χ3v) is 2.80. The van der Waals surface area contributed by atoms with Crippen LogP contribution in [-0.2, 0) is 0 Å². The summed E-state index contributed by atoms with van der Waals surface area (Å²) in [7, 11) is 0. The molecule has 1 aromatic heterocycles. The van der Waals surface area contributed by atoms with E-state index < -0.39 is 0 Å². The van der Waals surface area contributed by atoms with Gasteiger partial charge in [0.1, 0.15) is 5.82 Å². The molecular formula is C10H16N4O. The number of rotatable bonds is 1. The predicted octanol–water partition coefficient (Wildman–Crippen LogP) is 0.414. The molecule has 1 fully saturated rings. The fourth-order valence-electron chi connectivity index (χ4n) is 1.96. The van der Waals surface area contributed by atoms with Gasteiger partial charge in [-0.25, -0.2) is 4.68 Å². The fraction of sp³-hybridized carbons (Fsp3) is 0.600. The molecule has 15 heavy (non-hydrogen) atoms. The zero-order valence-electron chi connectivity index (χ0n) is 8.86. The highest BCUT2D eigenvalue weighted by Gasteiger charge is 2.23. The smallest absolute Gasteiger partial charge is 0.250 e. The van der Waals surface area contributed by atoms with Gasteiger partial charge >= 0.3 is 0 Å². The zero-order chi connectivity index (χ0) is 10.8. The molecular weight excluding hydrogens is 192 g/mol. The van der Waals surface area contributed by atoms with Crippen LogP contribution in [0.4, 0.5) is 5.82 Å². The van der Waals surface area contributed by atoms with Gasteiger partial charge in [0.05, 0.1) is 0 Å². The summed E-state index contributed by atoms with van der Waals surface area (Å²) in [6.45, 7) is 3.67. The van der Waals surface area contributed by atoms with Crippen molar-refractivity contribution >= 4 is 11.7 Å². The van der Waals surface area contributed by atoms with Crippen molar-refractivity contribution in [3.05, 3.63) is 11.8 Å². The van der Waals surface area contributed by atoms with Crippen molar-refractivity contribution in [1.29, 1.82) is 0 Å². The van der Waals surface area contributed by atoms with E-state index in [2.05, 4.69) is 10.4 Å². The number of anilines is 1. The highest BCUT2D eigenvalue weighted by Crippen LogP contribution is 2.16. The predicted molar refractivity (Wildman–Crippen MR) is 57.6 cm³/mol. The van der Waals surface area contributed by atoms with Gasteiger partial charge in [-0.05, 0) is 32.9 Å². The van der Waals surface area contributed by atoms with Crippen molar-refractivity contribution in [2.45, 2.75) is 19.8 Å². The molecule has 0 saturated carbocycles. The lowest BCUT2D eigenvalue weighted by molar-refractivity contribution is 0.0788. The molecule has 0 aromatic carbocycles. The Hall–Kier alpha value is -1.36. The maximum absolute atomic E-state index is 12.1. The molecule has 5 heteroatoms. The lowest BCUT2D eigenvalue weighted by Crippen LogP contribution is -2.34. The number of nitrogens with zero attached hydrogens (tertiary/aromatic N) is 2. The first kappa shape index (κ1) is 10.2. The van der Waals surface area contributed by atoms with E-state index in [1.54, 1.807) is 6.07 Å². The van der Waals surface area contributed by atoms with E-state index in [4.69, 9.17) is 5.73 Å². The summed E-state index contributed by atoms with van der Waals surface area (Å²) in [6, 6.07) is 1.72. The molecule has 0 bridgehead atoms. The van der Waals surface area contributed by atoms with E-state index in [1.165, 1.54) is 4.68 Å². The first-order chi connectivity index (χ1) is 7.18. The molecule has 0 spiro atoms. The second-order valence-corrected chi connectivity index (χ2v) is 3.98. The maximum Gasteiger partial charge on any atom is 0.250 e. The van der Waals surface area contributed by atoms with E-state index in [0.717, 1.165) is 31.6 Å². The summed E-state index contributed by atoms with van der Waals surface area (Å²) < 4.78 is 1.44. The summed E-state index contributed by atoms with van der Waals surface area (Å²) >= 11 is 0. The van der Waals surface area contributed by atoms with Gasteiger partial charge in [-0.15, -0.1) is 5.10 Å². The van der Waals surface area contributed by atoms with Crippen molar-refractivity contribution < 1.29 is 4.79 Å². The Morgan fingerprint density at radius 3 is 2.80 bits per heavy atom. The largest absolute Gasteiger partial charge is 0.382 e. The van der Waals surface area contributed by atoms with Crippen molar-refractivity contribution in [3.8, 4) is 0 Å². The van der Waals surface area contributed by atoms with Crippen LogP contribution < -0.4 is 11.1 Å². The Morgan fingerprint density at radius 1 is 1.60 bits per heavy atom. The van der Waals surface area contributed by atoms with Crippen molar-refractivity contribution in [2.24, 2.45) is 5.92 Å². The highest BCUT2D eigenvalue weighted by molar-refractivity contribution is 5.81. The number of hydrogen-bond acceptors (Lipinski definition) is 4. The number of carbonyl (C=O) groups excluding carboxylic acids is 1. The third-order valence-electron chi connectivity index (χ3n) is 2.80. The fourth-order valence-corrected chi connectivity index (χ4v) is 1.96. The van der Waals surface area contributed by atoms with E-state index >= 15 is 0 Å². The number of aromatic nitrogens is 2. The van der Waals surface area contributed by atoms with Crippen LogP contribution in [-0.4, -0.2) is 28.8 Å². The zero-order valence-corrected chi connectivity index (χ0v) is 8.86. The van der Waals surface area contributed by atoms with Crippen molar-refractivity contribution in [2.75, 3.05) is 18.8 Å². The van der Waals surface area contributed by atoms with Crippen LogP contribution in [0.2, 0.25) is 0 Å². The standard InChI is InChI=1S/C10H16N4O/c1-7-6-9(11)13-14(7)10(15)8-2-4-12-5-3-8/h6,8,12H,2-5H2,1H3,(H2,11,13). The summed E-state index contributed by atoms with van der Waals surface area (Å²) in [6.07, 6.45) is 1.77. The van der Waals surface area contributed by atoms with E-state index in [-0.39, 0.29) is 11.8 Å². The van der Waals surface area contributed by atoms with Crippen LogP contribution in [0.1, 0.15) is 23.3 Å². The Balaban J connectivity index is 2.16.